The van der Waals surface area contributed by atoms with E-state index in [4.69, 9.17) is 0 Å². The van der Waals surface area contributed by atoms with Gasteiger partial charge in [0.1, 0.15) is 0 Å². The molecule has 0 radical (unpaired) electrons. The maximum absolute atomic E-state index is 12.6. The van der Waals surface area contributed by atoms with E-state index in [-0.39, 0.29) is 16.2 Å². The standard InChI is InChI=1S/C14H19N5O3S/c1-5-18(6-2)14(20)19-8-7-12(17-19)23(21,22)13-15-10(3)9-11(4)16-13/h7-9H,5-6H2,1-4H3. The van der Waals surface area contributed by atoms with Crippen molar-refractivity contribution < 1.29 is 13.2 Å². The Hall–Kier alpha value is -2.29. The molecule has 0 aromatic carbocycles. The molecule has 1 amide bonds. The topological polar surface area (TPSA) is 98.1 Å². The first-order valence-electron chi connectivity index (χ1n) is 7.22. The Morgan fingerprint density at radius 3 is 2.26 bits per heavy atom. The van der Waals surface area contributed by atoms with Crippen molar-refractivity contribution in [1.82, 2.24) is 24.6 Å². The van der Waals surface area contributed by atoms with Crippen molar-refractivity contribution in [2.45, 2.75) is 37.9 Å². The average Bonchev–Trinajstić information content (AvgIpc) is 2.98. The highest BCUT2D eigenvalue weighted by Crippen LogP contribution is 2.16. The number of hydrogen-bond donors (Lipinski definition) is 0. The van der Waals surface area contributed by atoms with Gasteiger partial charge in [0.15, 0.2) is 5.03 Å². The summed E-state index contributed by atoms with van der Waals surface area (Å²) >= 11 is 0. The van der Waals surface area contributed by atoms with E-state index >= 15 is 0 Å². The molecule has 2 aromatic rings. The van der Waals surface area contributed by atoms with Crippen LogP contribution in [0, 0.1) is 13.8 Å². The Morgan fingerprint density at radius 2 is 1.74 bits per heavy atom. The van der Waals surface area contributed by atoms with Crippen LogP contribution in [0.1, 0.15) is 25.2 Å². The Labute approximate surface area is 135 Å². The normalized spacial score (nSPS) is 11.5. The van der Waals surface area contributed by atoms with Gasteiger partial charge in [0.05, 0.1) is 0 Å². The number of nitrogens with zero attached hydrogens (tertiary/aromatic N) is 5. The summed E-state index contributed by atoms with van der Waals surface area (Å²) in [5, 5.41) is 3.33. The predicted octanol–water partition coefficient (Wildman–Crippen LogP) is 1.43. The van der Waals surface area contributed by atoms with Gasteiger partial charge < -0.3 is 4.90 Å². The van der Waals surface area contributed by atoms with Crippen molar-refractivity contribution in [2.24, 2.45) is 0 Å². The maximum atomic E-state index is 12.6. The predicted molar refractivity (Wildman–Crippen MR) is 82.9 cm³/mol. The Morgan fingerprint density at radius 1 is 1.17 bits per heavy atom. The van der Waals surface area contributed by atoms with Crippen LogP contribution in [0.25, 0.3) is 0 Å². The minimum Gasteiger partial charge on any atom is -0.323 e. The molecule has 0 N–H and O–H groups in total. The van der Waals surface area contributed by atoms with Gasteiger partial charge in [-0.1, -0.05) is 0 Å². The fraction of sp³-hybridized carbons (Fsp3) is 0.429. The van der Waals surface area contributed by atoms with E-state index in [1.165, 1.54) is 17.2 Å². The molecule has 23 heavy (non-hydrogen) atoms. The van der Waals surface area contributed by atoms with Crippen LogP contribution in [0.3, 0.4) is 0 Å². The molecule has 0 saturated heterocycles. The lowest BCUT2D eigenvalue weighted by Gasteiger charge is -2.17. The molecule has 2 aromatic heterocycles. The zero-order valence-electron chi connectivity index (χ0n) is 13.5. The summed E-state index contributed by atoms with van der Waals surface area (Å²) < 4.78 is 26.1. The molecule has 0 fully saturated rings. The zero-order chi connectivity index (χ0) is 17.2. The van der Waals surface area contributed by atoms with E-state index in [1.807, 2.05) is 13.8 Å². The minimum atomic E-state index is -3.96. The lowest BCUT2D eigenvalue weighted by atomic mass is 10.4. The van der Waals surface area contributed by atoms with Crippen LogP contribution in [0.4, 0.5) is 4.79 Å². The van der Waals surface area contributed by atoms with Gasteiger partial charge in [-0.05, 0) is 39.8 Å². The second-order valence-corrected chi connectivity index (χ2v) is 6.78. The fourth-order valence-electron chi connectivity index (χ4n) is 2.10. The molecule has 2 heterocycles. The van der Waals surface area contributed by atoms with Crippen molar-refractivity contribution >= 4 is 15.9 Å². The van der Waals surface area contributed by atoms with Crippen molar-refractivity contribution in [3.63, 3.8) is 0 Å². The Bertz CT molecular complexity index is 804. The largest absolute Gasteiger partial charge is 0.344 e. The molecular formula is C14H19N5O3S. The number of aryl methyl sites for hydroxylation is 2. The maximum Gasteiger partial charge on any atom is 0.344 e. The van der Waals surface area contributed by atoms with Crippen LogP contribution in [-0.2, 0) is 9.84 Å². The lowest BCUT2D eigenvalue weighted by Crippen LogP contribution is -2.34. The van der Waals surface area contributed by atoms with Gasteiger partial charge in [-0.3, -0.25) is 0 Å². The summed E-state index contributed by atoms with van der Waals surface area (Å²) in [6.45, 7) is 8.08. The molecule has 0 bridgehead atoms. The number of aromatic nitrogens is 4. The van der Waals surface area contributed by atoms with Gasteiger partial charge in [0, 0.05) is 30.7 Å². The van der Waals surface area contributed by atoms with Crippen LogP contribution in [0.5, 0.6) is 0 Å². The van der Waals surface area contributed by atoms with Crippen molar-refractivity contribution in [2.75, 3.05) is 13.1 Å². The first-order chi connectivity index (χ1) is 10.8. The van der Waals surface area contributed by atoms with E-state index in [0.29, 0.717) is 24.5 Å². The molecule has 0 unspecified atom stereocenters. The van der Waals surface area contributed by atoms with Crippen LogP contribution in [0.2, 0.25) is 0 Å². The highest BCUT2D eigenvalue weighted by atomic mass is 32.2. The monoisotopic (exact) mass is 337 g/mol. The number of rotatable bonds is 4. The molecule has 0 saturated carbocycles. The van der Waals surface area contributed by atoms with Gasteiger partial charge in [0.25, 0.3) is 15.0 Å². The smallest absolute Gasteiger partial charge is 0.323 e. The van der Waals surface area contributed by atoms with Gasteiger partial charge >= 0.3 is 6.03 Å². The average molecular weight is 337 g/mol. The number of sulfone groups is 1. The van der Waals surface area contributed by atoms with Crippen molar-refractivity contribution in [3.05, 3.63) is 29.7 Å². The second-order valence-electron chi connectivity index (χ2n) is 4.99. The second kappa shape index (κ2) is 6.45. The third kappa shape index (κ3) is 3.39. The van der Waals surface area contributed by atoms with Gasteiger partial charge in [-0.25, -0.2) is 23.2 Å². The van der Waals surface area contributed by atoms with E-state index in [1.54, 1.807) is 19.9 Å². The molecule has 0 spiro atoms. The minimum absolute atomic E-state index is 0.247. The van der Waals surface area contributed by atoms with E-state index in [2.05, 4.69) is 15.1 Å². The molecule has 8 nitrogen and oxygen atoms in total. The highest BCUT2D eigenvalue weighted by Gasteiger charge is 2.26. The van der Waals surface area contributed by atoms with E-state index in [0.717, 1.165) is 4.68 Å². The molecule has 2 rings (SSSR count). The first-order valence-corrected chi connectivity index (χ1v) is 8.70. The van der Waals surface area contributed by atoms with Crippen LogP contribution < -0.4 is 0 Å². The summed E-state index contributed by atoms with van der Waals surface area (Å²) in [6.07, 6.45) is 1.33. The van der Waals surface area contributed by atoms with Crippen molar-refractivity contribution in [3.8, 4) is 0 Å². The number of carbonyl (C=O) groups is 1. The van der Waals surface area contributed by atoms with Gasteiger partial charge in [0.2, 0.25) is 0 Å². The molecule has 0 aliphatic heterocycles. The molecule has 9 heteroatoms. The first kappa shape index (κ1) is 17.1. The summed E-state index contributed by atoms with van der Waals surface area (Å²) in [5.41, 5.74) is 1.10. The van der Waals surface area contributed by atoms with E-state index < -0.39 is 9.84 Å². The quantitative estimate of drug-likeness (QED) is 0.783. The highest BCUT2D eigenvalue weighted by molar-refractivity contribution is 7.91. The van der Waals surface area contributed by atoms with Crippen LogP contribution in [-0.4, -0.2) is 52.2 Å². The molecule has 0 aliphatic carbocycles. The van der Waals surface area contributed by atoms with Crippen molar-refractivity contribution in [1.29, 1.82) is 0 Å². The summed E-state index contributed by atoms with van der Waals surface area (Å²) in [4.78, 5) is 21.7. The number of amides is 1. The zero-order valence-corrected chi connectivity index (χ0v) is 14.3. The van der Waals surface area contributed by atoms with Crippen LogP contribution >= 0.6 is 0 Å². The molecule has 124 valence electrons. The summed E-state index contributed by atoms with van der Waals surface area (Å²) in [5.74, 6) is 0. The fourth-order valence-corrected chi connectivity index (χ4v) is 3.25. The number of carbonyl (C=O) groups excluding carboxylic acids is 1. The van der Waals surface area contributed by atoms with Gasteiger partial charge in [-0.2, -0.15) is 9.78 Å². The Balaban J connectivity index is 2.41. The third-order valence-corrected chi connectivity index (χ3v) is 4.70. The van der Waals surface area contributed by atoms with Gasteiger partial charge in [-0.15, -0.1) is 0 Å². The van der Waals surface area contributed by atoms with E-state index in [9.17, 15) is 13.2 Å². The molecule has 0 aliphatic rings. The van der Waals surface area contributed by atoms with Crippen LogP contribution in [0.15, 0.2) is 28.5 Å². The number of hydrogen-bond acceptors (Lipinski definition) is 6. The summed E-state index contributed by atoms with van der Waals surface area (Å²) in [6, 6.07) is 2.58. The third-order valence-electron chi connectivity index (χ3n) is 3.27. The summed E-state index contributed by atoms with van der Waals surface area (Å²) in [7, 11) is -3.96. The lowest BCUT2D eigenvalue weighted by molar-refractivity contribution is 0.201. The SMILES string of the molecule is CCN(CC)C(=O)n1ccc(S(=O)(=O)c2nc(C)cc(C)n2)n1. The Kier molecular flexibility index (Phi) is 4.79. The molecular weight excluding hydrogens is 318 g/mol. The molecule has 0 atom stereocenters.